The Balaban J connectivity index is 1.87. The zero-order chi connectivity index (χ0) is 14.6. The van der Waals surface area contributed by atoms with Crippen LogP contribution in [0.4, 0.5) is 9.18 Å². The highest BCUT2D eigenvalue weighted by Crippen LogP contribution is 2.45. The van der Waals surface area contributed by atoms with Crippen LogP contribution in [0.5, 0.6) is 0 Å². The number of hydrogen-bond donors (Lipinski definition) is 2. The van der Waals surface area contributed by atoms with Crippen LogP contribution in [0.3, 0.4) is 0 Å². The lowest BCUT2D eigenvalue weighted by molar-refractivity contribution is -0.141. The topological polar surface area (TPSA) is 67.4 Å². The van der Waals surface area contributed by atoms with E-state index in [0.29, 0.717) is 0 Å². The molecule has 0 heterocycles. The molecule has 2 amide bonds. The molecule has 2 N–H and O–H groups in total. The number of urea groups is 1. The second-order valence-corrected chi connectivity index (χ2v) is 4.70. The van der Waals surface area contributed by atoms with Crippen LogP contribution in [0.15, 0.2) is 24.3 Å². The number of amides is 2. The molecule has 0 aromatic heterocycles. The predicted octanol–water partition coefficient (Wildman–Crippen LogP) is 1.68. The van der Waals surface area contributed by atoms with Crippen molar-refractivity contribution in [2.45, 2.75) is 25.3 Å². The first-order chi connectivity index (χ1) is 9.55. The van der Waals surface area contributed by atoms with Gasteiger partial charge in [-0.1, -0.05) is 12.1 Å². The molecule has 5 nitrogen and oxygen atoms in total. The van der Waals surface area contributed by atoms with E-state index in [-0.39, 0.29) is 19.0 Å². The molecule has 1 aromatic rings. The number of benzene rings is 1. The van der Waals surface area contributed by atoms with Gasteiger partial charge in [0.15, 0.2) is 0 Å². The summed E-state index contributed by atoms with van der Waals surface area (Å²) in [5, 5.41) is 5.27. The van der Waals surface area contributed by atoms with Gasteiger partial charge in [-0.2, -0.15) is 0 Å². The number of carbonyl (C=O) groups excluding carboxylic acids is 2. The third-order valence-electron chi connectivity index (χ3n) is 3.20. The van der Waals surface area contributed by atoms with Crippen molar-refractivity contribution in [1.82, 2.24) is 10.6 Å². The fourth-order valence-electron chi connectivity index (χ4n) is 2.01. The Hall–Kier alpha value is -2.11. The number of esters is 1. The van der Waals surface area contributed by atoms with E-state index in [4.69, 9.17) is 4.74 Å². The number of carbonyl (C=O) groups is 2. The highest BCUT2D eigenvalue weighted by Gasteiger charge is 2.45. The summed E-state index contributed by atoms with van der Waals surface area (Å²) in [5.74, 6) is -0.786. The summed E-state index contributed by atoms with van der Waals surface area (Å²) in [7, 11) is 0. The minimum Gasteiger partial charge on any atom is -0.465 e. The van der Waals surface area contributed by atoms with Crippen LogP contribution in [0.2, 0.25) is 0 Å². The normalized spacial score (nSPS) is 15.3. The van der Waals surface area contributed by atoms with Crippen LogP contribution in [-0.2, 0) is 15.1 Å². The molecule has 0 aliphatic heterocycles. The number of ether oxygens (including phenoxy) is 1. The molecule has 1 saturated carbocycles. The second-order valence-electron chi connectivity index (χ2n) is 4.70. The summed E-state index contributed by atoms with van der Waals surface area (Å²) < 4.78 is 17.6. The molecule has 1 aromatic carbocycles. The van der Waals surface area contributed by atoms with E-state index in [1.807, 2.05) is 0 Å². The van der Waals surface area contributed by atoms with Gasteiger partial charge in [-0.15, -0.1) is 0 Å². The first-order valence-electron chi connectivity index (χ1n) is 6.53. The molecule has 20 heavy (non-hydrogen) atoms. The number of nitrogens with one attached hydrogen (secondary N) is 2. The van der Waals surface area contributed by atoms with Gasteiger partial charge in [0.05, 0.1) is 12.1 Å². The fraction of sp³-hybridized carbons (Fsp3) is 0.429. The molecule has 0 spiro atoms. The summed E-state index contributed by atoms with van der Waals surface area (Å²) >= 11 is 0. The lowest BCUT2D eigenvalue weighted by Gasteiger charge is -2.18. The summed E-state index contributed by atoms with van der Waals surface area (Å²) in [4.78, 5) is 22.9. The lowest BCUT2D eigenvalue weighted by Crippen LogP contribution is -2.44. The summed E-state index contributed by atoms with van der Waals surface area (Å²) in [6.45, 7) is 1.81. The third-order valence-corrected chi connectivity index (χ3v) is 3.20. The Morgan fingerprint density at radius 3 is 2.50 bits per heavy atom. The molecule has 1 aliphatic carbocycles. The first-order valence-corrected chi connectivity index (χ1v) is 6.53. The van der Waals surface area contributed by atoms with E-state index in [1.54, 1.807) is 19.1 Å². The van der Waals surface area contributed by atoms with Gasteiger partial charge < -0.3 is 15.4 Å². The molecule has 2 rings (SSSR count). The number of rotatable bonds is 5. The van der Waals surface area contributed by atoms with Crippen molar-refractivity contribution in [3.8, 4) is 0 Å². The smallest absolute Gasteiger partial charge is 0.325 e. The maximum Gasteiger partial charge on any atom is 0.325 e. The maximum atomic E-state index is 12.9. The molecule has 1 aliphatic rings. The molecule has 0 bridgehead atoms. The van der Waals surface area contributed by atoms with Gasteiger partial charge >= 0.3 is 12.0 Å². The van der Waals surface area contributed by atoms with Crippen molar-refractivity contribution in [2.75, 3.05) is 13.2 Å². The van der Waals surface area contributed by atoms with E-state index in [9.17, 15) is 14.0 Å². The first kappa shape index (κ1) is 14.3. The van der Waals surface area contributed by atoms with E-state index in [2.05, 4.69) is 10.6 Å². The Bertz CT molecular complexity index is 498. The summed E-state index contributed by atoms with van der Waals surface area (Å²) in [5.41, 5.74) is 0.428. The van der Waals surface area contributed by atoms with E-state index in [1.165, 1.54) is 12.1 Å². The zero-order valence-corrected chi connectivity index (χ0v) is 11.2. The van der Waals surface area contributed by atoms with Gasteiger partial charge in [0.2, 0.25) is 0 Å². The fourth-order valence-corrected chi connectivity index (χ4v) is 2.01. The van der Waals surface area contributed by atoms with E-state index < -0.39 is 17.5 Å². The Labute approximate surface area is 116 Å². The minimum atomic E-state index is -0.478. The summed E-state index contributed by atoms with van der Waals surface area (Å²) in [6, 6.07) is 5.63. The van der Waals surface area contributed by atoms with Crippen molar-refractivity contribution >= 4 is 12.0 Å². The Kier molecular flexibility index (Phi) is 4.22. The van der Waals surface area contributed by atoms with E-state index >= 15 is 0 Å². The SMILES string of the molecule is CCOC(=O)CNC(=O)NC1(c2ccc(F)cc2)CC1. The molecule has 0 unspecified atom stereocenters. The van der Waals surface area contributed by atoms with Crippen LogP contribution in [0.1, 0.15) is 25.3 Å². The predicted molar refractivity (Wildman–Crippen MR) is 70.5 cm³/mol. The highest BCUT2D eigenvalue weighted by atomic mass is 19.1. The number of hydrogen-bond acceptors (Lipinski definition) is 3. The Morgan fingerprint density at radius 1 is 1.30 bits per heavy atom. The monoisotopic (exact) mass is 280 g/mol. The molecule has 0 radical (unpaired) electrons. The summed E-state index contributed by atoms with van der Waals surface area (Å²) in [6.07, 6.45) is 1.59. The van der Waals surface area contributed by atoms with Gasteiger partial charge in [0, 0.05) is 0 Å². The Morgan fingerprint density at radius 2 is 1.95 bits per heavy atom. The van der Waals surface area contributed by atoms with Crippen molar-refractivity contribution in [3.63, 3.8) is 0 Å². The second kappa shape index (κ2) is 5.90. The van der Waals surface area contributed by atoms with Gasteiger partial charge in [0.25, 0.3) is 0 Å². The number of halogens is 1. The van der Waals surface area contributed by atoms with Gasteiger partial charge in [-0.3, -0.25) is 4.79 Å². The molecule has 108 valence electrons. The van der Waals surface area contributed by atoms with Crippen molar-refractivity contribution in [2.24, 2.45) is 0 Å². The molecular weight excluding hydrogens is 263 g/mol. The van der Waals surface area contributed by atoms with Gasteiger partial charge in [0.1, 0.15) is 12.4 Å². The van der Waals surface area contributed by atoms with E-state index in [0.717, 1.165) is 18.4 Å². The molecule has 6 heteroatoms. The standard InChI is InChI=1S/C14H17FN2O3/c1-2-20-12(18)9-16-13(19)17-14(7-8-14)10-3-5-11(15)6-4-10/h3-6H,2,7-9H2,1H3,(H2,16,17,19). The van der Waals surface area contributed by atoms with Gasteiger partial charge in [-0.25, -0.2) is 9.18 Å². The zero-order valence-electron chi connectivity index (χ0n) is 11.2. The van der Waals surface area contributed by atoms with Crippen molar-refractivity contribution in [3.05, 3.63) is 35.6 Å². The third kappa shape index (κ3) is 3.46. The van der Waals surface area contributed by atoms with Crippen LogP contribution in [-0.4, -0.2) is 25.2 Å². The molecule has 1 fully saturated rings. The van der Waals surface area contributed by atoms with Crippen LogP contribution >= 0.6 is 0 Å². The molecular formula is C14H17FN2O3. The minimum absolute atomic E-state index is 0.167. The van der Waals surface area contributed by atoms with Crippen LogP contribution in [0.25, 0.3) is 0 Å². The molecule has 0 atom stereocenters. The quantitative estimate of drug-likeness (QED) is 0.806. The van der Waals surface area contributed by atoms with Gasteiger partial charge in [-0.05, 0) is 37.5 Å². The highest BCUT2D eigenvalue weighted by molar-refractivity contribution is 5.81. The van der Waals surface area contributed by atoms with Crippen LogP contribution < -0.4 is 10.6 Å². The average molecular weight is 280 g/mol. The average Bonchev–Trinajstić information content (AvgIpc) is 3.18. The van der Waals surface area contributed by atoms with Crippen molar-refractivity contribution < 1.29 is 18.7 Å². The molecule has 0 saturated heterocycles. The maximum absolute atomic E-state index is 12.9. The van der Waals surface area contributed by atoms with Crippen LogP contribution in [0, 0.1) is 5.82 Å². The largest absolute Gasteiger partial charge is 0.465 e. The lowest BCUT2D eigenvalue weighted by atomic mass is 10.1. The van der Waals surface area contributed by atoms with Crippen molar-refractivity contribution in [1.29, 1.82) is 0 Å².